The van der Waals surface area contributed by atoms with Gasteiger partial charge < -0.3 is 20.1 Å². The Labute approximate surface area is 169 Å². The lowest BCUT2D eigenvalue weighted by Crippen LogP contribution is -2.10. The minimum absolute atomic E-state index is 0.105. The van der Waals surface area contributed by atoms with Crippen LogP contribution >= 0.6 is 11.6 Å². The molecule has 2 aromatic carbocycles. The maximum atomic E-state index is 6.18. The standard InChI is InChI=1S/C21H23ClN4O2/c1-13-10-20(24-14(2)15-8-6-5-7-9-15)26-21(23-13)25-17-12-18(27-3)16(22)11-19(17)28-4/h5-12,14H,1-4H3,(H2,23,24,25,26). The Morgan fingerprint density at radius 3 is 2.36 bits per heavy atom. The molecule has 1 heterocycles. The second-order valence-corrected chi connectivity index (χ2v) is 6.71. The number of hydrogen-bond donors (Lipinski definition) is 2. The Hall–Kier alpha value is -2.99. The Balaban J connectivity index is 1.86. The lowest BCUT2D eigenvalue weighted by molar-refractivity contribution is 0.405. The van der Waals surface area contributed by atoms with Crippen molar-refractivity contribution in [2.75, 3.05) is 24.9 Å². The third kappa shape index (κ3) is 4.64. The van der Waals surface area contributed by atoms with E-state index in [1.807, 2.05) is 31.2 Å². The molecule has 28 heavy (non-hydrogen) atoms. The molecule has 0 saturated heterocycles. The molecule has 0 aliphatic heterocycles. The highest BCUT2D eigenvalue weighted by Gasteiger charge is 2.13. The van der Waals surface area contributed by atoms with E-state index in [1.165, 1.54) is 5.56 Å². The van der Waals surface area contributed by atoms with Crippen molar-refractivity contribution >= 4 is 29.1 Å². The molecule has 6 nitrogen and oxygen atoms in total. The number of aryl methyl sites for hydroxylation is 1. The second-order valence-electron chi connectivity index (χ2n) is 6.31. The normalized spacial score (nSPS) is 11.6. The van der Waals surface area contributed by atoms with Crippen molar-refractivity contribution in [3.63, 3.8) is 0 Å². The van der Waals surface area contributed by atoms with E-state index in [1.54, 1.807) is 26.4 Å². The Kier molecular flexibility index (Phi) is 6.21. The largest absolute Gasteiger partial charge is 0.495 e. The first-order valence-electron chi connectivity index (χ1n) is 8.86. The summed E-state index contributed by atoms with van der Waals surface area (Å²) in [5, 5.41) is 7.08. The molecule has 0 bridgehead atoms. The molecule has 3 rings (SSSR count). The van der Waals surface area contributed by atoms with Crippen molar-refractivity contribution in [3.05, 3.63) is 64.8 Å². The van der Waals surface area contributed by atoms with Crippen LogP contribution in [-0.4, -0.2) is 24.2 Å². The number of hydrogen-bond acceptors (Lipinski definition) is 6. The van der Waals surface area contributed by atoms with Gasteiger partial charge in [0.2, 0.25) is 5.95 Å². The molecular weight excluding hydrogens is 376 g/mol. The lowest BCUT2D eigenvalue weighted by atomic mass is 10.1. The Bertz CT molecular complexity index is 951. The zero-order chi connectivity index (χ0) is 20.1. The first-order valence-corrected chi connectivity index (χ1v) is 9.23. The van der Waals surface area contributed by atoms with Gasteiger partial charge >= 0.3 is 0 Å². The Morgan fingerprint density at radius 1 is 0.964 bits per heavy atom. The van der Waals surface area contributed by atoms with E-state index in [0.717, 1.165) is 11.5 Å². The Morgan fingerprint density at radius 2 is 1.68 bits per heavy atom. The molecule has 146 valence electrons. The van der Waals surface area contributed by atoms with E-state index in [4.69, 9.17) is 21.1 Å². The lowest BCUT2D eigenvalue weighted by Gasteiger charge is -2.17. The summed E-state index contributed by atoms with van der Waals surface area (Å²) in [7, 11) is 3.14. The van der Waals surface area contributed by atoms with Gasteiger partial charge in [-0.25, -0.2) is 4.98 Å². The van der Waals surface area contributed by atoms with Crippen LogP contribution in [0.5, 0.6) is 11.5 Å². The summed E-state index contributed by atoms with van der Waals surface area (Å²) < 4.78 is 10.7. The molecule has 0 aliphatic rings. The number of anilines is 3. The van der Waals surface area contributed by atoms with Gasteiger partial charge in [0, 0.05) is 29.9 Å². The van der Waals surface area contributed by atoms with E-state index >= 15 is 0 Å². The van der Waals surface area contributed by atoms with Crippen LogP contribution in [0.25, 0.3) is 0 Å². The summed E-state index contributed by atoms with van der Waals surface area (Å²) >= 11 is 6.18. The minimum atomic E-state index is 0.105. The fraction of sp³-hybridized carbons (Fsp3) is 0.238. The summed E-state index contributed by atoms with van der Waals surface area (Å²) in [6, 6.07) is 15.7. The van der Waals surface area contributed by atoms with Crippen molar-refractivity contribution in [1.82, 2.24) is 9.97 Å². The van der Waals surface area contributed by atoms with Gasteiger partial charge in [0.1, 0.15) is 17.3 Å². The van der Waals surface area contributed by atoms with Gasteiger partial charge in [-0.2, -0.15) is 4.98 Å². The molecule has 0 aliphatic carbocycles. The zero-order valence-corrected chi connectivity index (χ0v) is 17.0. The van der Waals surface area contributed by atoms with Crippen molar-refractivity contribution in [3.8, 4) is 11.5 Å². The summed E-state index contributed by atoms with van der Waals surface area (Å²) in [6.45, 7) is 4.01. The van der Waals surface area contributed by atoms with Crippen LogP contribution in [0.2, 0.25) is 5.02 Å². The SMILES string of the molecule is COc1cc(Nc2nc(C)cc(NC(C)c3ccccc3)n2)c(OC)cc1Cl. The maximum Gasteiger partial charge on any atom is 0.229 e. The number of nitrogens with zero attached hydrogens (tertiary/aromatic N) is 2. The van der Waals surface area contributed by atoms with Gasteiger partial charge in [0.05, 0.1) is 24.9 Å². The molecule has 0 amide bonds. The zero-order valence-electron chi connectivity index (χ0n) is 16.3. The average molecular weight is 399 g/mol. The van der Waals surface area contributed by atoms with E-state index in [2.05, 4.69) is 39.7 Å². The van der Waals surface area contributed by atoms with Crippen LogP contribution in [-0.2, 0) is 0 Å². The smallest absolute Gasteiger partial charge is 0.229 e. The third-order valence-electron chi connectivity index (χ3n) is 4.24. The van der Waals surface area contributed by atoms with Crippen LogP contribution in [0, 0.1) is 6.92 Å². The predicted molar refractivity (Wildman–Crippen MR) is 113 cm³/mol. The molecule has 0 fully saturated rings. The van der Waals surface area contributed by atoms with Gasteiger partial charge in [-0.05, 0) is 19.4 Å². The van der Waals surface area contributed by atoms with Gasteiger partial charge in [-0.1, -0.05) is 41.9 Å². The van der Waals surface area contributed by atoms with Crippen molar-refractivity contribution in [2.24, 2.45) is 0 Å². The van der Waals surface area contributed by atoms with Crippen LogP contribution < -0.4 is 20.1 Å². The van der Waals surface area contributed by atoms with E-state index < -0.39 is 0 Å². The summed E-state index contributed by atoms with van der Waals surface area (Å²) in [5.41, 5.74) is 2.67. The average Bonchev–Trinajstić information content (AvgIpc) is 2.69. The van der Waals surface area contributed by atoms with Crippen molar-refractivity contribution in [1.29, 1.82) is 0 Å². The number of methoxy groups -OCH3 is 2. The molecule has 0 spiro atoms. The molecule has 1 unspecified atom stereocenters. The molecule has 0 saturated carbocycles. The number of aromatic nitrogens is 2. The van der Waals surface area contributed by atoms with Crippen molar-refractivity contribution < 1.29 is 9.47 Å². The number of nitrogens with one attached hydrogen (secondary N) is 2. The summed E-state index contributed by atoms with van der Waals surface area (Å²) in [4.78, 5) is 9.06. The van der Waals surface area contributed by atoms with E-state index in [-0.39, 0.29) is 6.04 Å². The van der Waals surface area contributed by atoms with Crippen LogP contribution in [0.15, 0.2) is 48.5 Å². The summed E-state index contributed by atoms with van der Waals surface area (Å²) in [6.07, 6.45) is 0. The predicted octanol–water partition coefficient (Wildman–Crippen LogP) is 5.37. The van der Waals surface area contributed by atoms with Gasteiger partial charge in [0.15, 0.2) is 0 Å². The molecule has 0 radical (unpaired) electrons. The molecule has 1 atom stereocenters. The van der Waals surface area contributed by atoms with Gasteiger partial charge in [0.25, 0.3) is 0 Å². The monoisotopic (exact) mass is 398 g/mol. The first-order chi connectivity index (χ1) is 13.5. The van der Waals surface area contributed by atoms with E-state index in [0.29, 0.717) is 28.2 Å². The van der Waals surface area contributed by atoms with Crippen molar-refractivity contribution in [2.45, 2.75) is 19.9 Å². The topological polar surface area (TPSA) is 68.3 Å². The maximum absolute atomic E-state index is 6.18. The fourth-order valence-electron chi connectivity index (χ4n) is 2.82. The van der Waals surface area contributed by atoms with Crippen LogP contribution in [0.3, 0.4) is 0 Å². The van der Waals surface area contributed by atoms with Gasteiger partial charge in [-0.15, -0.1) is 0 Å². The van der Waals surface area contributed by atoms with Crippen LogP contribution in [0.1, 0.15) is 24.2 Å². The highest BCUT2D eigenvalue weighted by Crippen LogP contribution is 2.37. The third-order valence-corrected chi connectivity index (χ3v) is 4.53. The number of ether oxygens (including phenoxy) is 2. The molecule has 3 aromatic rings. The highest BCUT2D eigenvalue weighted by atomic mass is 35.5. The minimum Gasteiger partial charge on any atom is -0.495 e. The highest BCUT2D eigenvalue weighted by molar-refractivity contribution is 6.32. The van der Waals surface area contributed by atoms with Gasteiger partial charge in [-0.3, -0.25) is 0 Å². The van der Waals surface area contributed by atoms with E-state index in [9.17, 15) is 0 Å². The summed E-state index contributed by atoms with van der Waals surface area (Å²) in [5.74, 6) is 2.29. The number of halogens is 1. The molecule has 7 heteroatoms. The number of rotatable bonds is 7. The quantitative estimate of drug-likeness (QED) is 0.557. The first kappa shape index (κ1) is 19.8. The molecule has 1 aromatic heterocycles. The van der Waals surface area contributed by atoms with Crippen LogP contribution in [0.4, 0.5) is 17.5 Å². The second kappa shape index (κ2) is 8.80. The molecular formula is C21H23ClN4O2. The number of benzene rings is 2. The fourth-order valence-corrected chi connectivity index (χ4v) is 3.05. The molecule has 2 N–H and O–H groups in total.